The fourth-order valence-corrected chi connectivity index (χ4v) is 4.20. The number of nitrogens with zero attached hydrogens (tertiary/aromatic N) is 2. The molecule has 1 aromatic heterocycles. The van der Waals surface area contributed by atoms with E-state index in [1.165, 1.54) is 16.0 Å². The first-order valence-corrected chi connectivity index (χ1v) is 10.4. The molecule has 0 aliphatic carbocycles. The van der Waals surface area contributed by atoms with E-state index in [9.17, 15) is 0 Å². The standard InChI is InChI=1S/C20H26ClN3OS/c1-20(2,3)13-25-18-7-5-15(23-24-18)12-26-19-16-9-11-22-10-8-14(16)4-6-17(19)21/h4-7,22H,8-13H2,1-3H3. The van der Waals surface area contributed by atoms with Gasteiger partial charge >= 0.3 is 0 Å². The van der Waals surface area contributed by atoms with Crippen LogP contribution in [0, 0.1) is 5.41 Å². The smallest absolute Gasteiger partial charge is 0.233 e. The molecule has 6 heteroatoms. The molecule has 0 saturated heterocycles. The molecule has 1 aliphatic heterocycles. The van der Waals surface area contributed by atoms with Crippen molar-refractivity contribution in [3.63, 3.8) is 0 Å². The molecule has 2 aromatic rings. The van der Waals surface area contributed by atoms with Gasteiger partial charge in [0, 0.05) is 16.7 Å². The van der Waals surface area contributed by atoms with Crippen LogP contribution in [0.2, 0.25) is 5.02 Å². The Bertz CT molecular complexity index is 744. The number of rotatable bonds is 5. The third-order valence-corrected chi connectivity index (χ3v) is 5.77. The van der Waals surface area contributed by atoms with Crippen molar-refractivity contribution in [1.82, 2.24) is 15.5 Å². The van der Waals surface area contributed by atoms with Gasteiger partial charge in [0.05, 0.1) is 17.3 Å². The molecular weight excluding hydrogens is 366 g/mol. The van der Waals surface area contributed by atoms with Crippen LogP contribution in [0.3, 0.4) is 0 Å². The number of nitrogens with one attached hydrogen (secondary N) is 1. The zero-order chi connectivity index (χ0) is 18.6. The lowest BCUT2D eigenvalue weighted by molar-refractivity contribution is 0.189. The molecule has 3 rings (SSSR count). The van der Waals surface area contributed by atoms with Crippen LogP contribution >= 0.6 is 23.4 Å². The van der Waals surface area contributed by atoms with Crippen LogP contribution in [0.1, 0.15) is 37.6 Å². The Morgan fingerprint density at radius 3 is 2.65 bits per heavy atom. The van der Waals surface area contributed by atoms with Crippen molar-refractivity contribution in [2.75, 3.05) is 19.7 Å². The highest BCUT2D eigenvalue weighted by atomic mass is 35.5. The third kappa shape index (κ3) is 5.35. The predicted octanol–water partition coefficient (Wildman–Crippen LogP) is 4.54. The van der Waals surface area contributed by atoms with Gasteiger partial charge in [-0.3, -0.25) is 0 Å². The Hall–Kier alpha value is -1.30. The number of hydrogen-bond donors (Lipinski definition) is 1. The molecule has 0 radical (unpaired) electrons. The van der Waals surface area contributed by atoms with Crippen molar-refractivity contribution in [3.05, 3.63) is 46.1 Å². The van der Waals surface area contributed by atoms with Gasteiger partial charge in [-0.2, -0.15) is 5.10 Å². The van der Waals surface area contributed by atoms with E-state index in [0.29, 0.717) is 12.5 Å². The summed E-state index contributed by atoms with van der Waals surface area (Å²) in [5.74, 6) is 1.32. The quantitative estimate of drug-likeness (QED) is 0.758. The highest BCUT2D eigenvalue weighted by Gasteiger charge is 2.16. The minimum atomic E-state index is 0.104. The van der Waals surface area contributed by atoms with Gasteiger partial charge in [0.2, 0.25) is 5.88 Å². The van der Waals surface area contributed by atoms with Gasteiger partial charge in [-0.05, 0) is 54.6 Å². The largest absolute Gasteiger partial charge is 0.476 e. The Balaban J connectivity index is 1.66. The molecule has 0 atom stereocenters. The van der Waals surface area contributed by atoms with E-state index in [1.807, 2.05) is 18.2 Å². The van der Waals surface area contributed by atoms with Gasteiger partial charge < -0.3 is 10.1 Å². The van der Waals surface area contributed by atoms with Crippen molar-refractivity contribution in [2.24, 2.45) is 5.41 Å². The SMILES string of the molecule is CC(C)(C)COc1ccc(CSc2c(Cl)ccc3c2CCNCC3)nn1. The van der Waals surface area contributed by atoms with Crippen molar-refractivity contribution in [3.8, 4) is 5.88 Å². The van der Waals surface area contributed by atoms with Crippen LogP contribution < -0.4 is 10.1 Å². The molecule has 0 saturated carbocycles. The summed E-state index contributed by atoms with van der Waals surface area (Å²) < 4.78 is 5.69. The summed E-state index contributed by atoms with van der Waals surface area (Å²) in [7, 11) is 0. The Kier molecular flexibility index (Phi) is 6.43. The molecule has 1 aromatic carbocycles. The fourth-order valence-electron chi connectivity index (χ4n) is 2.80. The maximum absolute atomic E-state index is 6.49. The van der Waals surface area contributed by atoms with E-state index >= 15 is 0 Å². The topological polar surface area (TPSA) is 47.0 Å². The summed E-state index contributed by atoms with van der Waals surface area (Å²) in [5.41, 5.74) is 3.82. The van der Waals surface area contributed by atoms with Gasteiger partial charge in [-0.1, -0.05) is 38.4 Å². The fraction of sp³-hybridized carbons (Fsp3) is 0.500. The van der Waals surface area contributed by atoms with E-state index in [1.54, 1.807) is 11.8 Å². The molecule has 0 spiro atoms. The number of thioether (sulfide) groups is 1. The molecule has 0 bridgehead atoms. The Morgan fingerprint density at radius 2 is 1.92 bits per heavy atom. The molecule has 140 valence electrons. The van der Waals surface area contributed by atoms with Gasteiger partial charge in [0.1, 0.15) is 0 Å². The maximum Gasteiger partial charge on any atom is 0.233 e. The Labute approximate surface area is 165 Å². The minimum Gasteiger partial charge on any atom is -0.476 e. The van der Waals surface area contributed by atoms with Crippen molar-refractivity contribution in [1.29, 1.82) is 0 Å². The molecule has 0 unspecified atom stereocenters. The molecule has 26 heavy (non-hydrogen) atoms. The van der Waals surface area contributed by atoms with Crippen LogP contribution in [0.15, 0.2) is 29.2 Å². The second-order valence-electron chi connectivity index (χ2n) is 7.77. The van der Waals surface area contributed by atoms with Crippen LogP contribution in [0.25, 0.3) is 0 Å². The van der Waals surface area contributed by atoms with Gasteiger partial charge in [0.15, 0.2) is 0 Å². The molecule has 4 nitrogen and oxygen atoms in total. The van der Waals surface area contributed by atoms with E-state index < -0.39 is 0 Å². The predicted molar refractivity (Wildman–Crippen MR) is 108 cm³/mol. The monoisotopic (exact) mass is 391 g/mol. The van der Waals surface area contributed by atoms with E-state index in [-0.39, 0.29) is 5.41 Å². The number of aromatic nitrogens is 2. The molecule has 0 amide bonds. The summed E-state index contributed by atoms with van der Waals surface area (Å²) in [6.45, 7) is 9.05. The van der Waals surface area contributed by atoms with Crippen LogP contribution in [0.4, 0.5) is 0 Å². The zero-order valence-electron chi connectivity index (χ0n) is 15.6. The molecular formula is C20H26ClN3OS. The van der Waals surface area contributed by atoms with Gasteiger partial charge in [-0.25, -0.2) is 0 Å². The highest BCUT2D eigenvalue weighted by molar-refractivity contribution is 7.98. The lowest BCUT2D eigenvalue weighted by Gasteiger charge is -2.18. The van der Waals surface area contributed by atoms with Gasteiger partial charge in [-0.15, -0.1) is 16.9 Å². The lowest BCUT2D eigenvalue weighted by Crippen LogP contribution is -2.17. The zero-order valence-corrected chi connectivity index (χ0v) is 17.2. The first-order chi connectivity index (χ1) is 12.4. The lowest BCUT2D eigenvalue weighted by atomic mass is 9.99. The van der Waals surface area contributed by atoms with Crippen molar-refractivity contribution >= 4 is 23.4 Å². The number of benzene rings is 1. The minimum absolute atomic E-state index is 0.104. The highest BCUT2D eigenvalue weighted by Crippen LogP contribution is 2.35. The number of ether oxygens (including phenoxy) is 1. The average Bonchev–Trinajstić information content (AvgIpc) is 2.85. The normalized spacial score (nSPS) is 14.6. The van der Waals surface area contributed by atoms with Crippen LogP contribution in [0.5, 0.6) is 5.88 Å². The first kappa shape index (κ1) is 19.5. The number of halogens is 1. The first-order valence-electron chi connectivity index (χ1n) is 9.01. The summed E-state index contributed by atoms with van der Waals surface area (Å²) in [5, 5.41) is 12.8. The summed E-state index contributed by atoms with van der Waals surface area (Å²) in [6, 6.07) is 8.06. The third-order valence-electron chi connectivity index (χ3n) is 4.15. The van der Waals surface area contributed by atoms with Crippen molar-refractivity contribution < 1.29 is 4.74 Å². The summed E-state index contributed by atoms with van der Waals surface area (Å²) >= 11 is 8.24. The van der Waals surface area contributed by atoms with Gasteiger partial charge in [0.25, 0.3) is 0 Å². The summed E-state index contributed by atoms with van der Waals surface area (Å²) in [6.07, 6.45) is 2.07. The second-order valence-corrected chi connectivity index (χ2v) is 9.16. The molecule has 1 aliphatic rings. The number of fused-ring (bicyclic) bond motifs is 1. The van der Waals surface area contributed by atoms with Crippen LogP contribution in [-0.2, 0) is 18.6 Å². The Morgan fingerprint density at radius 1 is 1.12 bits per heavy atom. The van der Waals surface area contributed by atoms with Crippen molar-refractivity contribution in [2.45, 2.75) is 44.3 Å². The van der Waals surface area contributed by atoms with E-state index in [4.69, 9.17) is 16.3 Å². The van der Waals surface area contributed by atoms with E-state index in [2.05, 4.69) is 42.4 Å². The molecule has 2 heterocycles. The average molecular weight is 392 g/mol. The van der Waals surface area contributed by atoms with Crippen LogP contribution in [-0.4, -0.2) is 29.9 Å². The molecule has 0 fully saturated rings. The molecule has 1 N–H and O–H groups in total. The number of hydrogen-bond acceptors (Lipinski definition) is 5. The summed E-state index contributed by atoms with van der Waals surface area (Å²) in [4.78, 5) is 1.18. The maximum atomic E-state index is 6.49. The second kappa shape index (κ2) is 8.59. The van der Waals surface area contributed by atoms with E-state index in [0.717, 1.165) is 42.4 Å².